The van der Waals surface area contributed by atoms with Gasteiger partial charge in [0.05, 0.1) is 6.42 Å². The van der Waals surface area contributed by atoms with E-state index in [0.29, 0.717) is 45.7 Å². The van der Waals surface area contributed by atoms with Crippen molar-refractivity contribution in [2.24, 2.45) is 0 Å². The number of piperazine rings is 1. The first kappa shape index (κ1) is 15.4. The molecule has 19 heavy (non-hydrogen) atoms. The number of carboxylic acids is 1. The Balaban J connectivity index is 2.19. The minimum Gasteiger partial charge on any atom is -0.481 e. The third-order valence-corrected chi connectivity index (χ3v) is 3.08. The van der Waals surface area contributed by atoms with Gasteiger partial charge < -0.3 is 15.3 Å². The molecule has 0 aromatic heterocycles. The Morgan fingerprint density at radius 1 is 1.11 bits per heavy atom. The van der Waals surface area contributed by atoms with Crippen LogP contribution in [-0.4, -0.2) is 72.0 Å². The minimum atomic E-state index is -0.797. The van der Waals surface area contributed by atoms with Crippen molar-refractivity contribution in [2.75, 3.05) is 39.3 Å². The van der Waals surface area contributed by atoms with E-state index in [9.17, 15) is 14.4 Å². The topological polar surface area (TPSA) is 90.0 Å². The molecular formula is C12H21N3O4. The SMILES string of the molecule is CC(=O)NCCC(=O)N1CCN(CCC(=O)O)CC1. The lowest BCUT2D eigenvalue weighted by Crippen LogP contribution is -2.49. The molecule has 0 aromatic rings. The summed E-state index contributed by atoms with van der Waals surface area (Å²) in [6.45, 7) is 4.98. The summed E-state index contributed by atoms with van der Waals surface area (Å²) in [6.07, 6.45) is 0.450. The number of aliphatic carboxylic acids is 1. The molecule has 0 unspecified atom stereocenters. The van der Waals surface area contributed by atoms with Crippen LogP contribution in [0.25, 0.3) is 0 Å². The highest BCUT2D eigenvalue weighted by Gasteiger charge is 2.20. The number of nitrogens with one attached hydrogen (secondary N) is 1. The number of amides is 2. The van der Waals surface area contributed by atoms with E-state index >= 15 is 0 Å². The number of carboxylic acid groups (broad SMARTS) is 1. The van der Waals surface area contributed by atoms with Crippen LogP contribution < -0.4 is 5.32 Å². The second kappa shape index (κ2) is 7.73. The molecule has 1 heterocycles. The third kappa shape index (κ3) is 6.19. The highest BCUT2D eigenvalue weighted by Crippen LogP contribution is 2.04. The lowest BCUT2D eigenvalue weighted by Gasteiger charge is -2.34. The fourth-order valence-corrected chi connectivity index (χ4v) is 1.98. The molecule has 108 valence electrons. The standard InChI is InChI=1S/C12H21N3O4/c1-10(16)13-4-2-11(17)15-8-6-14(7-9-15)5-3-12(18)19/h2-9H2,1H3,(H,13,16)(H,18,19). The molecule has 0 aromatic carbocycles. The monoisotopic (exact) mass is 271 g/mol. The van der Waals surface area contributed by atoms with Crippen molar-refractivity contribution in [3.8, 4) is 0 Å². The lowest BCUT2D eigenvalue weighted by atomic mass is 10.2. The van der Waals surface area contributed by atoms with Crippen LogP contribution in [0, 0.1) is 0 Å². The van der Waals surface area contributed by atoms with Gasteiger partial charge in [0.15, 0.2) is 0 Å². The molecule has 1 fully saturated rings. The van der Waals surface area contributed by atoms with E-state index in [4.69, 9.17) is 5.11 Å². The summed E-state index contributed by atoms with van der Waals surface area (Å²) in [7, 11) is 0. The Bertz CT molecular complexity index is 338. The average molecular weight is 271 g/mol. The van der Waals surface area contributed by atoms with Crippen LogP contribution in [0.5, 0.6) is 0 Å². The normalized spacial score (nSPS) is 16.2. The van der Waals surface area contributed by atoms with Gasteiger partial charge in [-0.2, -0.15) is 0 Å². The number of rotatable bonds is 6. The molecule has 0 radical (unpaired) electrons. The quantitative estimate of drug-likeness (QED) is 0.655. The number of nitrogens with zero attached hydrogens (tertiary/aromatic N) is 2. The summed E-state index contributed by atoms with van der Waals surface area (Å²) in [5.74, 6) is -0.897. The molecule has 7 nitrogen and oxygen atoms in total. The fraction of sp³-hybridized carbons (Fsp3) is 0.750. The van der Waals surface area contributed by atoms with Gasteiger partial charge in [0.2, 0.25) is 11.8 Å². The van der Waals surface area contributed by atoms with Gasteiger partial charge in [-0.25, -0.2) is 0 Å². The summed E-state index contributed by atoms with van der Waals surface area (Å²) in [6, 6.07) is 0. The molecule has 0 saturated carbocycles. The summed E-state index contributed by atoms with van der Waals surface area (Å²) in [5, 5.41) is 11.2. The van der Waals surface area contributed by atoms with Crippen molar-refractivity contribution in [3.63, 3.8) is 0 Å². The second-order valence-corrected chi connectivity index (χ2v) is 4.60. The summed E-state index contributed by atoms with van der Waals surface area (Å²) < 4.78 is 0. The lowest BCUT2D eigenvalue weighted by molar-refractivity contribution is -0.138. The first-order chi connectivity index (χ1) is 8.99. The predicted molar refractivity (Wildman–Crippen MR) is 68.6 cm³/mol. The molecule has 1 saturated heterocycles. The van der Waals surface area contributed by atoms with Gasteiger partial charge in [-0.05, 0) is 0 Å². The van der Waals surface area contributed by atoms with Crippen molar-refractivity contribution in [1.82, 2.24) is 15.1 Å². The Kier molecular flexibility index (Phi) is 6.27. The zero-order valence-electron chi connectivity index (χ0n) is 11.2. The summed E-state index contributed by atoms with van der Waals surface area (Å²) >= 11 is 0. The van der Waals surface area contributed by atoms with E-state index in [1.807, 2.05) is 4.90 Å². The molecule has 2 amide bonds. The summed E-state index contributed by atoms with van der Waals surface area (Å²) in [5.41, 5.74) is 0. The van der Waals surface area contributed by atoms with Crippen LogP contribution in [0.4, 0.5) is 0 Å². The molecule has 2 N–H and O–H groups in total. The maximum absolute atomic E-state index is 11.8. The highest BCUT2D eigenvalue weighted by atomic mass is 16.4. The third-order valence-electron chi connectivity index (χ3n) is 3.08. The van der Waals surface area contributed by atoms with Gasteiger partial charge >= 0.3 is 5.97 Å². The van der Waals surface area contributed by atoms with Crippen molar-refractivity contribution in [2.45, 2.75) is 19.8 Å². The van der Waals surface area contributed by atoms with Crippen LogP contribution in [0.15, 0.2) is 0 Å². The van der Waals surface area contributed by atoms with E-state index < -0.39 is 5.97 Å². The van der Waals surface area contributed by atoms with Crippen molar-refractivity contribution >= 4 is 17.8 Å². The van der Waals surface area contributed by atoms with Crippen LogP contribution in [0.2, 0.25) is 0 Å². The Morgan fingerprint density at radius 2 is 1.74 bits per heavy atom. The first-order valence-electron chi connectivity index (χ1n) is 6.45. The van der Waals surface area contributed by atoms with E-state index in [-0.39, 0.29) is 18.2 Å². The van der Waals surface area contributed by atoms with Gasteiger partial charge in [0.1, 0.15) is 0 Å². The zero-order valence-corrected chi connectivity index (χ0v) is 11.2. The molecule has 1 rings (SSSR count). The van der Waals surface area contributed by atoms with Crippen molar-refractivity contribution in [1.29, 1.82) is 0 Å². The van der Waals surface area contributed by atoms with E-state index in [0.717, 1.165) is 0 Å². The van der Waals surface area contributed by atoms with Crippen molar-refractivity contribution in [3.05, 3.63) is 0 Å². The molecule has 0 bridgehead atoms. The minimum absolute atomic E-state index is 0.0339. The maximum atomic E-state index is 11.8. The molecule has 0 atom stereocenters. The van der Waals surface area contributed by atoms with Crippen LogP contribution in [0.3, 0.4) is 0 Å². The first-order valence-corrected chi connectivity index (χ1v) is 6.45. The zero-order chi connectivity index (χ0) is 14.3. The molecule has 0 aliphatic carbocycles. The van der Waals surface area contributed by atoms with E-state index in [1.165, 1.54) is 6.92 Å². The van der Waals surface area contributed by atoms with Gasteiger partial charge in [-0.3, -0.25) is 19.3 Å². The average Bonchev–Trinajstić information content (AvgIpc) is 2.36. The number of hydrogen-bond acceptors (Lipinski definition) is 4. The molecule has 0 spiro atoms. The molecule has 7 heteroatoms. The highest BCUT2D eigenvalue weighted by molar-refractivity contribution is 5.78. The largest absolute Gasteiger partial charge is 0.481 e. The van der Waals surface area contributed by atoms with E-state index in [1.54, 1.807) is 4.90 Å². The molecule has 1 aliphatic heterocycles. The number of hydrogen-bond donors (Lipinski definition) is 2. The Morgan fingerprint density at radius 3 is 2.26 bits per heavy atom. The Hall–Kier alpha value is -1.63. The van der Waals surface area contributed by atoms with Crippen LogP contribution >= 0.6 is 0 Å². The number of carbonyl (C=O) groups excluding carboxylic acids is 2. The van der Waals surface area contributed by atoms with Crippen LogP contribution in [0.1, 0.15) is 19.8 Å². The smallest absolute Gasteiger partial charge is 0.304 e. The number of carbonyl (C=O) groups is 3. The van der Waals surface area contributed by atoms with Gasteiger partial charge in [0, 0.05) is 52.6 Å². The predicted octanol–water partition coefficient (Wildman–Crippen LogP) is -0.868. The van der Waals surface area contributed by atoms with Gasteiger partial charge in [-0.15, -0.1) is 0 Å². The second-order valence-electron chi connectivity index (χ2n) is 4.60. The van der Waals surface area contributed by atoms with E-state index in [2.05, 4.69) is 5.32 Å². The summed E-state index contributed by atoms with van der Waals surface area (Å²) in [4.78, 5) is 36.8. The maximum Gasteiger partial charge on any atom is 0.304 e. The fourth-order valence-electron chi connectivity index (χ4n) is 1.98. The van der Waals surface area contributed by atoms with Crippen molar-refractivity contribution < 1.29 is 19.5 Å². The van der Waals surface area contributed by atoms with Gasteiger partial charge in [0.25, 0.3) is 0 Å². The molecule has 1 aliphatic rings. The van der Waals surface area contributed by atoms with Crippen LogP contribution in [-0.2, 0) is 14.4 Å². The molecular weight excluding hydrogens is 250 g/mol. The Labute approximate surface area is 112 Å². The van der Waals surface area contributed by atoms with Gasteiger partial charge in [-0.1, -0.05) is 0 Å².